The lowest BCUT2D eigenvalue weighted by molar-refractivity contribution is -0.0571. The molecule has 2 unspecified atom stereocenters. The first kappa shape index (κ1) is 24.2. The van der Waals surface area contributed by atoms with Crippen LogP contribution in [0.15, 0.2) is 11.4 Å². The minimum absolute atomic E-state index is 0.0625. The first-order valence-electron chi connectivity index (χ1n) is 10.3. The van der Waals surface area contributed by atoms with E-state index in [0.29, 0.717) is 0 Å². The number of rotatable bonds is 9. The number of aliphatic hydroxyl groups is 2. The van der Waals surface area contributed by atoms with Gasteiger partial charge in [-0.3, -0.25) is 4.57 Å². The summed E-state index contributed by atoms with van der Waals surface area (Å²) in [6, 6.07) is 0. The summed E-state index contributed by atoms with van der Waals surface area (Å²) in [4.78, 5) is 14.9. The number of nitrogens with two attached hydrogens (primary N) is 1. The van der Waals surface area contributed by atoms with Crippen LogP contribution in [0.1, 0.15) is 53.2 Å². The highest BCUT2D eigenvalue weighted by Gasteiger charge is 2.49. The van der Waals surface area contributed by atoms with Gasteiger partial charge >= 0.3 is 8.03 Å². The van der Waals surface area contributed by atoms with Crippen LogP contribution in [0, 0.1) is 0 Å². The molecule has 1 saturated heterocycles. The number of aliphatic hydroxyl groups excluding tert-OH is 2. The summed E-state index contributed by atoms with van der Waals surface area (Å²) in [6.45, 7) is 7.42. The highest BCUT2D eigenvalue weighted by molar-refractivity contribution is 7.40. The molecule has 2 aromatic heterocycles. The molecule has 1 aliphatic heterocycles. The van der Waals surface area contributed by atoms with Crippen LogP contribution in [0.4, 0.5) is 11.8 Å². The Kier molecular flexibility index (Phi) is 7.29. The molecule has 5 atom stereocenters. The smallest absolute Gasteiger partial charge is 0.388 e. The highest BCUT2D eigenvalue weighted by atomic mass is 31.1. The van der Waals surface area contributed by atoms with Crippen molar-refractivity contribution in [3.63, 3.8) is 0 Å². The fraction of sp³-hybridized carbons (Fsp3) is 0.722. The molecule has 0 saturated carbocycles. The van der Waals surface area contributed by atoms with Gasteiger partial charge < -0.3 is 20.7 Å². The molecule has 0 radical (unpaired) electrons. The second kappa shape index (κ2) is 9.62. The fourth-order valence-electron chi connectivity index (χ4n) is 3.80. The number of fused-ring (bicyclic) bond motifs is 1. The molecule has 0 amide bonds. The van der Waals surface area contributed by atoms with Crippen molar-refractivity contribution in [2.75, 3.05) is 5.73 Å². The van der Waals surface area contributed by atoms with Crippen molar-refractivity contribution in [1.82, 2.24) is 19.5 Å². The molecular formula is C18H28N8O5P+. The van der Waals surface area contributed by atoms with Crippen molar-refractivity contribution in [3.05, 3.63) is 16.8 Å². The van der Waals surface area contributed by atoms with Crippen LogP contribution in [0.25, 0.3) is 21.6 Å². The molecular weight excluding hydrogens is 439 g/mol. The molecule has 0 aliphatic carbocycles. The van der Waals surface area contributed by atoms with Crippen molar-refractivity contribution in [2.45, 2.75) is 82.8 Å². The maximum Gasteiger partial charge on any atom is 0.511 e. The molecule has 3 rings (SSSR count). The standard InChI is InChI=1S/C18H28N8O5P/c1-5-9(6-2)32(29)31-18(3,4)7-10-12(27)13(28)16(30-10)26-15-11(14(19)21-8-22-15)23-17(26)24-25-20/h8-10,12-13,16,27-28H,5-7H2,1-4H3,(H2,19,21,22)/q+1/t10-,12-,13-,16?/m1/s1. The zero-order chi connectivity index (χ0) is 23.6. The molecule has 4 N–H and O–H groups in total. The Balaban J connectivity index is 1.87. The molecule has 1 aliphatic rings. The third-order valence-electron chi connectivity index (χ3n) is 5.48. The van der Waals surface area contributed by atoms with Gasteiger partial charge in [0.15, 0.2) is 28.9 Å². The lowest BCUT2D eigenvalue weighted by Gasteiger charge is -2.24. The number of ether oxygens (including phenoxy) is 1. The highest BCUT2D eigenvalue weighted by Crippen LogP contribution is 2.43. The molecule has 0 bridgehead atoms. The molecule has 174 valence electrons. The molecule has 0 spiro atoms. The van der Waals surface area contributed by atoms with E-state index in [1.54, 1.807) is 13.8 Å². The molecule has 1 fully saturated rings. The van der Waals surface area contributed by atoms with Crippen molar-refractivity contribution >= 4 is 31.0 Å². The summed E-state index contributed by atoms with van der Waals surface area (Å²) in [5, 5.41) is 24.9. The summed E-state index contributed by atoms with van der Waals surface area (Å²) in [7, 11) is -1.91. The molecule has 3 heterocycles. The third-order valence-corrected chi connectivity index (χ3v) is 7.48. The second-order valence-electron chi connectivity index (χ2n) is 8.26. The van der Waals surface area contributed by atoms with Crippen molar-refractivity contribution in [3.8, 4) is 0 Å². The zero-order valence-corrected chi connectivity index (χ0v) is 19.3. The van der Waals surface area contributed by atoms with Gasteiger partial charge in [-0.1, -0.05) is 13.8 Å². The average molecular weight is 467 g/mol. The Morgan fingerprint density at radius 2 is 2.06 bits per heavy atom. The SMILES string of the molecule is CCC(CC)[P+](=O)OC(C)(C)C[C@H]1OC(n2c(N=[N+]=[N-])nc3c(N)ncnc32)[C@H](O)[C@@H]1O. The Morgan fingerprint density at radius 3 is 2.69 bits per heavy atom. The lowest BCUT2D eigenvalue weighted by Crippen LogP contribution is -2.37. The van der Waals surface area contributed by atoms with E-state index in [1.165, 1.54) is 10.9 Å². The van der Waals surface area contributed by atoms with Gasteiger partial charge in [0.1, 0.15) is 24.1 Å². The molecule has 13 nitrogen and oxygen atoms in total. The number of nitrogen functional groups attached to an aromatic ring is 1. The van der Waals surface area contributed by atoms with Crippen molar-refractivity contribution < 1.29 is 24.0 Å². The lowest BCUT2D eigenvalue weighted by atomic mass is 9.97. The van der Waals surface area contributed by atoms with Crippen LogP contribution in [0.5, 0.6) is 0 Å². The first-order valence-corrected chi connectivity index (χ1v) is 11.6. The number of hydrogen-bond donors (Lipinski definition) is 3. The van der Waals surface area contributed by atoms with Gasteiger partial charge in [-0.2, -0.15) is 0 Å². The predicted octanol–water partition coefficient (Wildman–Crippen LogP) is 3.09. The number of anilines is 1. The molecule has 2 aromatic rings. The minimum Gasteiger partial charge on any atom is -0.388 e. The predicted molar refractivity (Wildman–Crippen MR) is 116 cm³/mol. The van der Waals surface area contributed by atoms with E-state index in [4.69, 9.17) is 20.5 Å². The maximum absolute atomic E-state index is 12.6. The number of aromatic nitrogens is 4. The largest absolute Gasteiger partial charge is 0.511 e. The van der Waals surface area contributed by atoms with Gasteiger partial charge in [0.05, 0.1) is 6.10 Å². The fourth-order valence-corrected chi connectivity index (χ4v) is 5.10. The van der Waals surface area contributed by atoms with E-state index >= 15 is 0 Å². The topological polar surface area (TPSA) is 194 Å². The van der Waals surface area contributed by atoms with E-state index in [-0.39, 0.29) is 35.0 Å². The van der Waals surface area contributed by atoms with E-state index in [0.717, 1.165) is 12.8 Å². The minimum atomic E-state index is -1.91. The van der Waals surface area contributed by atoms with Crippen LogP contribution in [-0.4, -0.2) is 59.3 Å². The van der Waals surface area contributed by atoms with Crippen LogP contribution >= 0.6 is 8.03 Å². The molecule has 0 aromatic carbocycles. The van der Waals surface area contributed by atoms with Gasteiger partial charge in [0.25, 0.3) is 0 Å². The Morgan fingerprint density at radius 1 is 1.38 bits per heavy atom. The van der Waals surface area contributed by atoms with Crippen LogP contribution in [-0.2, 0) is 13.8 Å². The number of hydrogen-bond acceptors (Lipinski definition) is 10. The van der Waals surface area contributed by atoms with Gasteiger partial charge in [-0.25, -0.2) is 15.0 Å². The van der Waals surface area contributed by atoms with E-state index < -0.39 is 38.2 Å². The monoisotopic (exact) mass is 467 g/mol. The van der Waals surface area contributed by atoms with Gasteiger partial charge in [-0.05, 0) is 41.9 Å². The molecule has 32 heavy (non-hydrogen) atoms. The quantitative estimate of drug-likeness (QED) is 0.215. The van der Waals surface area contributed by atoms with Crippen LogP contribution in [0.2, 0.25) is 0 Å². The summed E-state index contributed by atoms with van der Waals surface area (Å²) in [6.07, 6.45) is -1.86. The third kappa shape index (κ3) is 4.68. The van der Waals surface area contributed by atoms with Gasteiger partial charge in [0, 0.05) is 11.3 Å². The first-order chi connectivity index (χ1) is 15.1. The Bertz CT molecular complexity index is 1040. The van der Waals surface area contributed by atoms with Crippen LogP contribution in [0.3, 0.4) is 0 Å². The molecule has 14 heteroatoms. The van der Waals surface area contributed by atoms with Crippen LogP contribution < -0.4 is 5.73 Å². The average Bonchev–Trinajstić information content (AvgIpc) is 3.21. The summed E-state index contributed by atoms with van der Waals surface area (Å²) in [5.74, 6) is -0.0774. The van der Waals surface area contributed by atoms with Crippen molar-refractivity contribution in [1.29, 1.82) is 0 Å². The van der Waals surface area contributed by atoms with E-state index in [1.807, 2.05) is 13.8 Å². The Labute approximate surface area is 185 Å². The zero-order valence-electron chi connectivity index (χ0n) is 18.4. The van der Waals surface area contributed by atoms with Gasteiger partial charge in [-0.15, -0.1) is 4.52 Å². The number of imidazole rings is 1. The van der Waals surface area contributed by atoms with Crippen molar-refractivity contribution in [2.24, 2.45) is 5.11 Å². The second-order valence-corrected chi connectivity index (χ2v) is 9.74. The summed E-state index contributed by atoms with van der Waals surface area (Å²) < 4.78 is 25.6. The Hall–Kier alpha value is -2.40. The van der Waals surface area contributed by atoms with Gasteiger partial charge in [0.2, 0.25) is 5.95 Å². The summed E-state index contributed by atoms with van der Waals surface area (Å²) >= 11 is 0. The number of nitrogens with zero attached hydrogens (tertiary/aromatic N) is 7. The summed E-state index contributed by atoms with van der Waals surface area (Å²) in [5.41, 5.74) is 14.2. The van der Waals surface area contributed by atoms with E-state index in [2.05, 4.69) is 25.0 Å². The normalized spacial score (nSPS) is 24.2. The van der Waals surface area contributed by atoms with E-state index in [9.17, 15) is 14.8 Å². The number of azide groups is 1. The maximum atomic E-state index is 12.6.